The van der Waals surface area contributed by atoms with Gasteiger partial charge in [-0.2, -0.15) is 0 Å². The molecule has 32 heavy (non-hydrogen) atoms. The molecule has 160 valence electrons. The van der Waals surface area contributed by atoms with Gasteiger partial charge in [-0.3, -0.25) is 0 Å². The van der Waals surface area contributed by atoms with Gasteiger partial charge < -0.3 is 13.4 Å². The van der Waals surface area contributed by atoms with Crippen LogP contribution in [-0.4, -0.2) is 25.6 Å². The van der Waals surface area contributed by atoms with Crippen molar-refractivity contribution in [3.05, 3.63) is 71.3 Å². The summed E-state index contributed by atoms with van der Waals surface area (Å²) in [7, 11) is 0. The van der Waals surface area contributed by atoms with Crippen LogP contribution in [0.25, 0.3) is 34.2 Å². The van der Waals surface area contributed by atoms with E-state index < -0.39 is 0 Å². The van der Waals surface area contributed by atoms with Gasteiger partial charge >= 0.3 is 0 Å². The van der Waals surface area contributed by atoms with E-state index in [2.05, 4.69) is 31.6 Å². The number of aryl methyl sites for hydroxylation is 3. The van der Waals surface area contributed by atoms with Gasteiger partial charge in [-0.05, 0) is 32.9 Å². The van der Waals surface area contributed by atoms with Crippen LogP contribution < -0.4 is 0 Å². The minimum absolute atomic E-state index is 0.361. The summed E-state index contributed by atoms with van der Waals surface area (Å²) in [4.78, 5) is 0. The molecule has 0 spiro atoms. The molecule has 0 N–H and O–H groups in total. The first kappa shape index (κ1) is 20.2. The molecule has 0 radical (unpaired) electrons. The number of thioether (sulfide) groups is 1. The normalized spacial score (nSPS) is 11.2. The molecule has 2 aromatic carbocycles. The van der Waals surface area contributed by atoms with E-state index in [1.807, 2.05) is 63.2 Å². The topological polar surface area (TPSA) is 104 Å². The quantitative estimate of drug-likeness (QED) is 0.306. The molecule has 5 aromatic rings. The summed E-state index contributed by atoms with van der Waals surface area (Å²) in [5.74, 6) is 2.29. The molecule has 0 atom stereocenters. The first-order valence-electron chi connectivity index (χ1n) is 9.96. The number of benzene rings is 2. The Morgan fingerprint density at radius 2 is 1.53 bits per heavy atom. The Kier molecular flexibility index (Phi) is 5.32. The zero-order valence-electron chi connectivity index (χ0n) is 17.7. The molecule has 5 rings (SSSR count). The number of rotatable bonds is 6. The second-order valence-corrected chi connectivity index (χ2v) is 8.29. The predicted octanol–water partition coefficient (Wildman–Crippen LogP) is 5.66. The Morgan fingerprint density at radius 1 is 0.781 bits per heavy atom. The number of hydrogen-bond acceptors (Lipinski definition) is 9. The van der Waals surface area contributed by atoms with Crippen molar-refractivity contribution in [3.8, 4) is 34.2 Å². The van der Waals surface area contributed by atoms with Crippen molar-refractivity contribution in [2.24, 2.45) is 0 Å². The molecule has 0 unspecified atom stereocenters. The summed E-state index contributed by atoms with van der Waals surface area (Å²) >= 11 is 1.34. The fourth-order valence-corrected chi connectivity index (χ4v) is 4.04. The zero-order valence-corrected chi connectivity index (χ0v) is 18.5. The molecule has 8 nitrogen and oxygen atoms in total. The summed E-state index contributed by atoms with van der Waals surface area (Å²) < 4.78 is 17.1. The number of aromatic nitrogens is 5. The Morgan fingerprint density at radius 3 is 2.31 bits per heavy atom. The van der Waals surface area contributed by atoms with Gasteiger partial charge in [0.25, 0.3) is 11.1 Å². The SMILES string of the molecule is Cc1cc(C)cc(-c2nnc(SCc3nnc(-c4c(-c5ccccc5)noc4C)o3)o2)c1. The molecule has 0 saturated carbocycles. The third kappa shape index (κ3) is 4.06. The summed E-state index contributed by atoms with van der Waals surface area (Å²) in [5.41, 5.74) is 5.46. The largest absolute Gasteiger partial charge is 0.420 e. The monoisotopic (exact) mass is 445 g/mol. The molecule has 0 saturated heterocycles. The fourth-order valence-electron chi connectivity index (χ4n) is 3.44. The number of hydrogen-bond donors (Lipinski definition) is 0. The lowest BCUT2D eigenvalue weighted by atomic mass is 10.1. The zero-order chi connectivity index (χ0) is 22.1. The van der Waals surface area contributed by atoms with Gasteiger partial charge in [-0.25, -0.2) is 0 Å². The van der Waals surface area contributed by atoms with E-state index in [-0.39, 0.29) is 0 Å². The van der Waals surface area contributed by atoms with Crippen LogP contribution in [-0.2, 0) is 5.75 Å². The molecular formula is C23H19N5O3S. The molecule has 3 aromatic heterocycles. The van der Waals surface area contributed by atoms with Gasteiger partial charge in [0.15, 0.2) is 0 Å². The molecule has 0 aliphatic heterocycles. The maximum Gasteiger partial charge on any atom is 0.277 e. The predicted molar refractivity (Wildman–Crippen MR) is 119 cm³/mol. The third-order valence-electron chi connectivity index (χ3n) is 4.78. The Bertz CT molecular complexity index is 1350. The highest BCUT2D eigenvalue weighted by atomic mass is 32.2. The lowest BCUT2D eigenvalue weighted by Crippen LogP contribution is -1.84. The average molecular weight is 446 g/mol. The molecule has 0 aliphatic rings. The highest BCUT2D eigenvalue weighted by molar-refractivity contribution is 7.98. The van der Waals surface area contributed by atoms with E-state index in [1.54, 1.807) is 0 Å². The molecule has 0 aliphatic carbocycles. The van der Waals surface area contributed by atoms with Gasteiger partial charge in [0.05, 0.1) is 5.75 Å². The van der Waals surface area contributed by atoms with E-state index in [0.717, 1.165) is 22.3 Å². The van der Waals surface area contributed by atoms with Crippen LogP contribution in [0.2, 0.25) is 0 Å². The van der Waals surface area contributed by atoms with Crippen molar-refractivity contribution < 1.29 is 13.4 Å². The number of nitrogens with zero attached hydrogens (tertiary/aromatic N) is 5. The van der Waals surface area contributed by atoms with Gasteiger partial charge in [0, 0.05) is 11.1 Å². The summed E-state index contributed by atoms with van der Waals surface area (Å²) in [6.07, 6.45) is 0. The van der Waals surface area contributed by atoms with Crippen molar-refractivity contribution in [2.75, 3.05) is 0 Å². The summed E-state index contributed by atoms with van der Waals surface area (Å²) in [6.45, 7) is 5.90. The molecule has 9 heteroatoms. The Balaban J connectivity index is 1.32. The van der Waals surface area contributed by atoms with Crippen LogP contribution in [0.15, 0.2) is 67.1 Å². The van der Waals surface area contributed by atoms with Crippen molar-refractivity contribution in [3.63, 3.8) is 0 Å². The van der Waals surface area contributed by atoms with Gasteiger partial charge in [-0.1, -0.05) is 64.4 Å². The van der Waals surface area contributed by atoms with Crippen LogP contribution in [0.5, 0.6) is 0 Å². The lowest BCUT2D eigenvalue weighted by molar-refractivity contribution is 0.399. The summed E-state index contributed by atoms with van der Waals surface area (Å²) in [6, 6.07) is 15.9. The van der Waals surface area contributed by atoms with Crippen LogP contribution in [0.4, 0.5) is 0 Å². The standard InChI is InChI=1S/C23H19N5O3S/c1-13-9-14(2)11-17(10-13)21-25-27-23(30-21)32-12-18-24-26-22(29-18)19-15(3)31-28-20(19)16-7-5-4-6-8-16/h4-11H,12H2,1-3H3. The minimum Gasteiger partial charge on any atom is -0.420 e. The fraction of sp³-hybridized carbons (Fsp3) is 0.174. The van der Waals surface area contributed by atoms with Crippen molar-refractivity contribution in [1.29, 1.82) is 0 Å². The maximum atomic E-state index is 5.88. The third-order valence-corrected chi connectivity index (χ3v) is 5.59. The second kappa shape index (κ2) is 8.43. The van der Waals surface area contributed by atoms with E-state index >= 15 is 0 Å². The van der Waals surface area contributed by atoms with Crippen molar-refractivity contribution in [2.45, 2.75) is 31.7 Å². The summed E-state index contributed by atoms with van der Waals surface area (Å²) in [5, 5.41) is 21.2. The highest BCUT2D eigenvalue weighted by Gasteiger charge is 2.22. The van der Waals surface area contributed by atoms with E-state index in [1.165, 1.54) is 11.8 Å². The maximum absolute atomic E-state index is 5.88. The lowest BCUT2D eigenvalue weighted by Gasteiger charge is -2.00. The molecule has 3 heterocycles. The van der Waals surface area contributed by atoms with E-state index in [4.69, 9.17) is 13.4 Å². The first-order valence-corrected chi connectivity index (χ1v) is 10.9. The smallest absolute Gasteiger partial charge is 0.277 e. The van der Waals surface area contributed by atoms with Crippen molar-refractivity contribution >= 4 is 11.8 Å². The molecule has 0 amide bonds. The van der Waals surface area contributed by atoms with Crippen molar-refractivity contribution in [1.82, 2.24) is 25.6 Å². The molecule has 0 bridgehead atoms. The second-order valence-electron chi connectivity index (χ2n) is 7.37. The van der Waals surface area contributed by atoms with E-state index in [0.29, 0.717) is 45.7 Å². The highest BCUT2D eigenvalue weighted by Crippen LogP contribution is 2.34. The minimum atomic E-state index is 0.361. The van der Waals surface area contributed by atoms with Crippen LogP contribution in [0.1, 0.15) is 22.8 Å². The van der Waals surface area contributed by atoms with E-state index in [9.17, 15) is 0 Å². The Labute approximate surface area is 188 Å². The van der Waals surface area contributed by atoms with Gasteiger partial charge in [-0.15, -0.1) is 20.4 Å². The first-order chi connectivity index (χ1) is 15.6. The van der Waals surface area contributed by atoms with Gasteiger partial charge in [0.1, 0.15) is 17.0 Å². The molecule has 0 fully saturated rings. The van der Waals surface area contributed by atoms with Crippen LogP contribution in [0.3, 0.4) is 0 Å². The Hall–Kier alpha value is -3.72. The average Bonchev–Trinajstić information content (AvgIpc) is 3.52. The van der Waals surface area contributed by atoms with Crippen LogP contribution in [0, 0.1) is 20.8 Å². The molecular weight excluding hydrogens is 426 g/mol. The van der Waals surface area contributed by atoms with Gasteiger partial charge in [0.2, 0.25) is 11.8 Å². The van der Waals surface area contributed by atoms with Crippen LogP contribution >= 0.6 is 11.8 Å².